The zero-order valence-corrected chi connectivity index (χ0v) is 26.6. The highest BCUT2D eigenvalue weighted by Gasteiger charge is 2.29. The van der Waals surface area contributed by atoms with Crippen molar-refractivity contribution < 1.29 is 28.5 Å². The number of aliphatic hydroxyl groups excluding tert-OH is 1. The minimum atomic E-state index is -0.574. The number of nitrogens with two attached hydrogens (primary N) is 2. The van der Waals surface area contributed by atoms with Crippen LogP contribution < -0.4 is 11.5 Å². The summed E-state index contributed by atoms with van der Waals surface area (Å²) in [6.07, 6.45) is 23.4. The maximum Gasteiger partial charge on any atom is 0.249 e. The molecular weight excluding hydrogens is 540 g/mol. The van der Waals surface area contributed by atoms with Crippen LogP contribution >= 0.6 is 0 Å². The van der Waals surface area contributed by atoms with Crippen LogP contribution in [-0.4, -0.2) is 71.3 Å². The van der Waals surface area contributed by atoms with Gasteiger partial charge in [0.2, 0.25) is 12.2 Å². The number of hydrogen-bond acceptors (Lipinski definition) is 6. The highest BCUT2D eigenvalue weighted by atomic mass is 16.5. The van der Waals surface area contributed by atoms with Crippen LogP contribution in [0, 0.1) is 35.9 Å². The summed E-state index contributed by atoms with van der Waals surface area (Å²) in [5.41, 5.74) is 13.2. The molecule has 0 bridgehead atoms. The van der Waals surface area contributed by atoms with E-state index in [4.69, 9.17) is 25.7 Å². The van der Waals surface area contributed by atoms with Gasteiger partial charge in [-0.05, 0) is 48.9 Å². The van der Waals surface area contributed by atoms with Crippen molar-refractivity contribution in [2.24, 2.45) is 35.1 Å². The largest absolute Gasteiger partial charge is 0.405 e. The van der Waals surface area contributed by atoms with E-state index in [-0.39, 0.29) is 24.4 Å². The molecule has 0 amide bonds. The highest BCUT2D eigenvalue weighted by molar-refractivity contribution is 5.85. The van der Waals surface area contributed by atoms with Gasteiger partial charge in [-0.3, -0.25) is 0 Å². The van der Waals surface area contributed by atoms with E-state index < -0.39 is 6.10 Å². The van der Waals surface area contributed by atoms with E-state index in [1.165, 1.54) is 23.8 Å². The Balaban J connectivity index is 0.000000430. The van der Waals surface area contributed by atoms with E-state index in [0.29, 0.717) is 32.3 Å². The Hall–Kier alpha value is -3.56. The molecule has 0 aromatic heterocycles. The molecule has 0 aliphatic carbocycles. The first-order chi connectivity index (χ1) is 20.7. The van der Waals surface area contributed by atoms with Gasteiger partial charge in [-0.25, -0.2) is 9.15 Å². The first-order valence-corrected chi connectivity index (χ1v) is 14.7. The van der Waals surface area contributed by atoms with E-state index in [2.05, 4.69) is 56.2 Å². The second-order valence-electron chi connectivity index (χ2n) is 10.3. The van der Waals surface area contributed by atoms with Gasteiger partial charge in [0, 0.05) is 13.8 Å². The summed E-state index contributed by atoms with van der Waals surface area (Å²) >= 11 is 0. The lowest BCUT2D eigenvalue weighted by molar-refractivity contribution is -0.467. The van der Waals surface area contributed by atoms with Crippen molar-refractivity contribution in [1.29, 1.82) is 0 Å². The van der Waals surface area contributed by atoms with Crippen LogP contribution in [0.4, 0.5) is 0 Å². The molecule has 43 heavy (non-hydrogen) atoms. The molecule has 5 atom stereocenters. The lowest BCUT2D eigenvalue weighted by Crippen LogP contribution is -2.29. The molecule has 0 spiro atoms. The van der Waals surface area contributed by atoms with Gasteiger partial charge < -0.3 is 21.3 Å². The van der Waals surface area contributed by atoms with Crippen LogP contribution in [0.15, 0.2) is 99.7 Å². The van der Waals surface area contributed by atoms with E-state index >= 15 is 0 Å². The Labute approximate surface area is 260 Å². The lowest BCUT2D eigenvalue weighted by atomic mass is 10.0. The number of nitrogens with zero attached hydrogens (tertiary/aromatic N) is 2. The first kappa shape index (κ1) is 37.5. The summed E-state index contributed by atoms with van der Waals surface area (Å²) in [5, 5.41) is 10.1. The molecule has 8 nitrogen and oxygen atoms in total. The van der Waals surface area contributed by atoms with Crippen molar-refractivity contribution in [3.8, 4) is 0 Å². The molecular formula is C35H54N4O4+4. The summed E-state index contributed by atoms with van der Waals surface area (Å²) in [4.78, 5) is 0. The molecule has 2 aliphatic heterocycles. The quantitative estimate of drug-likeness (QED) is 0.0821. The summed E-state index contributed by atoms with van der Waals surface area (Å²) in [6, 6.07) is 0. The standard InChI is InChI=1S/C18H28N2O2.C17H26N2O2/c1-5-17-8-10-20(15(17)3)11-12-21-13-14-22-16(4)18(6-2)7-9-19;1-5-15-8-10-19(13(15)3)11-17(20)12-21-14(4)16(6-2)7-9-18/h5-10,17-18H,1-2,11-14,19H2,3-4H3;5-10,15-17,20H,1-2,11-12,18H2,3-4H3/q2*+2/b2*9-7-. The minimum Gasteiger partial charge on any atom is -0.405 e. The van der Waals surface area contributed by atoms with Crippen molar-refractivity contribution in [1.82, 2.24) is 0 Å². The van der Waals surface area contributed by atoms with Crippen LogP contribution in [0.1, 0.15) is 27.7 Å². The van der Waals surface area contributed by atoms with Crippen molar-refractivity contribution >= 4 is 11.4 Å². The molecule has 0 fully saturated rings. The lowest BCUT2D eigenvalue weighted by Gasteiger charge is -2.09. The number of ether oxygens (including phenoxy) is 3. The van der Waals surface area contributed by atoms with Crippen molar-refractivity contribution in [2.75, 3.05) is 39.5 Å². The summed E-state index contributed by atoms with van der Waals surface area (Å²) in [7, 11) is 0. The molecule has 0 saturated heterocycles. The van der Waals surface area contributed by atoms with Crippen LogP contribution in [0.5, 0.6) is 0 Å². The minimum absolute atomic E-state index is 0.0349. The number of aliphatic hydroxyl groups is 1. The molecule has 8 heteroatoms. The van der Waals surface area contributed by atoms with Gasteiger partial charge in [0.05, 0.1) is 18.4 Å². The monoisotopic (exact) mass is 594 g/mol. The number of hydrogen-bond donors (Lipinski definition) is 3. The topological polar surface area (TPSA) is 106 Å². The summed E-state index contributed by atoms with van der Waals surface area (Å²) in [5.74, 6) is 0.624. The van der Waals surface area contributed by atoms with Gasteiger partial charge in [-0.15, -0.1) is 13.2 Å². The molecule has 2 heterocycles. The molecule has 0 aromatic rings. The third-order valence-electron chi connectivity index (χ3n) is 7.35. The van der Waals surface area contributed by atoms with Gasteiger partial charge in [0.15, 0.2) is 48.7 Å². The molecule has 2 aliphatic rings. The first-order valence-electron chi connectivity index (χ1n) is 14.7. The number of β-amino-alcohol motifs (C(OH)–C–C–N with tert-alkyl or cyclic N) is 1. The molecule has 0 saturated carbocycles. The number of allylic oxidation sites excluding steroid dienone is 4. The Morgan fingerprint density at radius 1 is 0.837 bits per heavy atom. The fourth-order valence-corrected chi connectivity index (χ4v) is 4.47. The molecule has 5 unspecified atom stereocenters. The van der Waals surface area contributed by atoms with E-state index in [1.54, 1.807) is 18.2 Å². The van der Waals surface area contributed by atoms with E-state index in [0.717, 1.165) is 18.8 Å². The van der Waals surface area contributed by atoms with E-state index in [9.17, 15) is 5.11 Å². The predicted octanol–water partition coefficient (Wildman–Crippen LogP) is 4.64. The molecule has 0 radical (unpaired) electrons. The van der Waals surface area contributed by atoms with Crippen molar-refractivity contribution in [2.45, 2.75) is 33.8 Å². The fraction of sp³-hybridized carbons (Fsp3) is 0.429. The summed E-state index contributed by atoms with van der Waals surface area (Å²) in [6.45, 7) is 26.4. The van der Waals surface area contributed by atoms with Crippen molar-refractivity contribution in [3.05, 3.63) is 112 Å². The maximum atomic E-state index is 10.1. The van der Waals surface area contributed by atoms with Crippen molar-refractivity contribution in [3.63, 3.8) is 0 Å². The zero-order valence-electron chi connectivity index (χ0n) is 26.6. The average Bonchev–Trinajstić information content (AvgIpc) is 3.55. The molecule has 2 rings (SSSR count). The van der Waals surface area contributed by atoms with Crippen LogP contribution in [-0.2, 0) is 14.2 Å². The SMILES string of the molecule is C=CC1C=C[N+](CC(O)CO[C+](C)C(C=C)/C=C\N)=C1C.C=CC1C=C[N+](CCOCCO[C+](C)C(C=C)/C=C\N)=C1C. The van der Waals surface area contributed by atoms with Gasteiger partial charge in [0.1, 0.15) is 39.8 Å². The molecule has 5 N–H and O–H groups in total. The average molecular weight is 595 g/mol. The van der Waals surface area contributed by atoms with Gasteiger partial charge in [-0.2, -0.15) is 9.47 Å². The number of rotatable bonds is 20. The Bertz CT molecular complexity index is 1070. The Morgan fingerprint density at radius 3 is 1.84 bits per heavy atom. The van der Waals surface area contributed by atoms with Gasteiger partial charge in [0.25, 0.3) is 0 Å². The third-order valence-corrected chi connectivity index (χ3v) is 7.35. The third kappa shape index (κ3) is 13.1. The Kier molecular flexibility index (Phi) is 18.5. The second-order valence-corrected chi connectivity index (χ2v) is 10.3. The maximum absolute atomic E-state index is 10.1. The fourth-order valence-electron chi connectivity index (χ4n) is 4.47. The van der Waals surface area contributed by atoms with Crippen LogP contribution in [0.3, 0.4) is 0 Å². The van der Waals surface area contributed by atoms with E-state index in [1.807, 2.05) is 49.8 Å². The van der Waals surface area contributed by atoms with Gasteiger partial charge >= 0.3 is 0 Å². The van der Waals surface area contributed by atoms with Gasteiger partial charge in [-0.1, -0.05) is 25.3 Å². The second kappa shape index (κ2) is 21.2. The highest BCUT2D eigenvalue weighted by Crippen LogP contribution is 2.19. The normalized spacial score (nSPS) is 19.8. The molecule has 234 valence electrons. The predicted molar refractivity (Wildman–Crippen MR) is 178 cm³/mol. The summed E-state index contributed by atoms with van der Waals surface area (Å²) < 4.78 is 21.1. The molecule has 0 aromatic carbocycles. The van der Waals surface area contributed by atoms with Crippen LogP contribution in [0.25, 0.3) is 0 Å². The smallest absolute Gasteiger partial charge is 0.249 e. The Morgan fingerprint density at radius 2 is 1.35 bits per heavy atom. The zero-order chi connectivity index (χ0) is 32.2. The van der Waals surface area contributed by atoms with Crippen LogP contribution in [0.2, 0.25) is 0 Å².